The first-order chi connectivity index (χ1) is 7.61. The van der Waals surface area contributed by atoms with E-state index in [0.717, 1.165) is 10.7 Å². The summed E-state index contributed by atoms with van der Waals surface area (Å²) in [7, 11) is 0. The van der Waals surface area contributed by atoms with Gasteiger partial charge < -0.3 is 5.73 Å². The fourth-order valence-corrected chi connectivity index (χ4v) is 2.44. The molecule has 0 spiro atoms. The second kappa shape index (κ2) is 4.36. The molecule has 0 aliphatic heterocycles. The molecule has 3 heteroatoms. The van der Waals surface area contributed by atoms with E-state index in [4.69, 9.17) is 5.73 Å². The fourth-order valence-electron chi connectivity index (χ4n) is 1.76. The molecule has 2 nitrogen and oxygen atoms in total. The van der Waals surface area contributed by atoms with Gasteiger partial charge in [0.1, 0.15) is 5.01 Å². The highest BCUT2D eigenvalue weighted by Gasteiger charge is 2.08. The highest BCUT2D eigenvalue weighted by Crippen LogP contribution is 2.27. The molecule has 0 aliphatic rings. The Balaban J connectivity index is 2.51. The normalized spacial score (nSPS) is 10.8. The van der Waals surface area contributed by atoms with Gasteiger partial charge in [-0.2, -0.15) is 0 Å². The molecule has 0 unspecified atom stereocenters. The summed E-state index contributed by atoms with van der Waals surface area (Å²) in [6.45, 7) is 6.92. The van der Waals surface area contributed by atoms with Gasteiger partial charge in [-0.25, -0.2) is 4.98 Å². The molecule has 0 amide bonds. The van der Waals surface area contributed by atoms with Crippen molar-refractivity contribution >= 4 is 11.3 Å². The monoisotopic (exact) mass is 232 g/mol. The van der Waals surface area contributed by atoms with Crippen LogP contribution in [0.25, 0.3) is 11.3 Å². The molecule has 16 heavy (non-hydrogen) atoms. The van der Waals surface area contributed by atoms with Crippen molar-refractivity contribution in [2.24, 2.45) is 5.73 Å². The largest absolute Gasteiger partial charge is 0.325 e. The quantitative estimate of drug-likeness (QED) is 0.863. The Morgan fingerprint density at radius 2 is 1.81 bits per heavy atom. The fraction of sp³-hybridized carbons (Fsp3) is 0.308. The van der Waals surface area contributed by atoms with E-state index in [1.54, 1.807) is 11.3 Å². The van der Waals surface area contributed by atoms with Crippen LogP contribution in [0.1, 0.15) is 21.7 Å². The van der Waals surface area contributed by atoms with Crippen LogP contribution in [0.5, 0.6) is 0 Å². The van der Waals surface area contributed by atoms with Crippen LogP contribution in [-0.2, 0) is 6.54 Å². The first-order valence-corrected chi connectivity index (χ1v) is 6.22. The third kappa shape index (κ3) is 2.01. The lowest BCUT2D eigenvalue weighted by Crippen LogP contribution is -1.95. The van der Waals surface area contributed by atoms with Gasteiger partial charge in [0, 0.05) is 17.5 Å². The van der Waals surface area contributed by atoms with E-state index >= 15 is 0 Å². The molecule has 2 N–H and O–H groups in total. The summed E-state index contributed by atoms with van der Waals surface area (Å²) in [4.78, 5) is 4.52. The van der Waals surface area contributed by atoms with Gasteiger partial charge in [-0.1, -0.05) is 6.07 Å². The van der Waals surface area contributed by atoms with Gasteiger partial charge in [0.2, 0.25) is 0 Å². The maximum atomic E-state index is 5.58. The van der Waals surface area contributed by atoms with E-state index in [-0.39, 0.29) is 0 Å². The van der Waals surface area contributed by atoms with E-state index in [9.17, 15) is 0 Å². The van der Waals surface area contributed by atoms with Crippen molar-refractivity contribution in [2.75, 3.05) is 0 Å². The summed E-state index contributed by atoms with van der Waals surface area (Å²) in [6.07, 6.45) is 0. The van der Waals surface area contributed by atoms with Crippen LogP contribution < -0.4 is 5.73 Å². The number of hydrogen-bond donors (Lipinski definition) is 1. The van der Waals surface area contributed by atoms with E-state index in [0.29, 0.717) is 6.54 Å². The lowest BCUT2D eigenvalue weighted by atomic mass is 9.99. The van der Waals surface area contributed by atoms with Crippen LogP contribution in [0, 0.1) is 20.8 Å². The predicted octanol–water partition coefficient (Wildman–Crippen LogP) is 3.19. The SMILES string of the molecule is Cc1cc(C)c(-c2csc(CN)n2)cc1C. The van der Waals surface area contributed by atoms with Crippen molar-refractivity contribution < 1.29 is 0 Å². The Labute approximate surface area is 100 Å². The molecule has 84 valence electrons. The van der Waals surface area contributed by atoms with E-state index in [1.165, 1.54) is 22.3 Å². The summed E-state index contributed by atoms with van der Waals surface area (Å²) >= 11 is 1.63. The summed E-state index contributed by atoms with van der Waals surface area (Å²) in [5.41, 5.74) is 11.8. The zero-order valence-electron chi connectivity index (χ0n) is 9.87. The second-order valence-electron chi connectivity index (χ2n) is 4.08. The van der Waals surface area contributed by atoms with Gasteiger partial charge in [0.05, 0.1) is 5.69 Å². The average molecular weight is 232 g/mol. The lowest BCUT2D eigenvalue weighted by molar-refractivity contribution is 1.04. The van der Waals surface area contributed by atoms with Crippen LogP contribution >= 0.6 is 11.3 Å². The van der Waals surface area contributed by atoms with Gasteiger partial charge >= 0.3 is 0 Å². The van der Waals surface area contributed by atoms with E-state index in [1.807, 2.05) is 0 Å². The van der Waals surface area contributed by atoms with Gasteiger partial charge in [-0.15, -0.1) is 11.3 Å². The maximum absolute atomic E-state index is 5.58. The van der Waals surface area contributed by atoms with Crippen LogP contribution in [0.2, 0.25) is 0 Å². The molecule has 0 saturated heterocycles. The number of nitrogens with two attached hydrogens (primary N) is 1. The Kier molecular flexibility index (Phi) is 3.08. The third-order valence-corrected chi connectivity index (χ3v) is 3.71. The lowest BCUT2D eigenvalue weighted by Gasteiger charge is -2.07. The minimum absolute atomic E-state index is 0.522. The molecule has 0 aliphatic carbocycles. The van der Waals surface area contributed by atoms with Crippen LogP contribution in [-0.4, -0.2) is 4.98 Å². The van der Waals surface area contributed by atoms with Crippen LogP contribution in [0.4, 0.5) is 0 Å². The van der Waals surface area contributed by atoms with Crippen molar-refractivity contribution in [3.05, 3.63) is 39.2 Å². The van der Waals surface area contributed by atoms with E-state index in [2.05, 4.69) is 43.3 Å². The Hall–Kier alpha value is -1.19. The van der Waals surface area contributed by atoms with Crippen LogP contribution in [0.3, 0.4) is 0 Å². The van der Waals surface area contributed by atoms with Crippen molar-refractivity contribution in [2.45, 2.75) is 27.3 Å². The predicted molar refractivity (Wildman–Crippen MR) is 69.7 cm³/mol. The summed E-state index contributed by atoms with van der Waals surface area (Å²) < 4.78 is 0. The molecule has 0 atom stereocenters. The van der Waals surface area contributed by atoms with Gasteiger partial charge in [-0.3, -0.25) is 0 Å². The Morgan fingerprint density at radius 1 is 1.12 bits per heavy atom. The average Bonchev–Trinajstić information content (AvgIpc) is 2.71. The van der Waals surface area contributed by atoms with Crippen LogP contribution in [0.15, 0.2) is 17.5 Å². The molecule has 2 aromatic rings. The van der Waals surface area contributed by atoms with Crippen molar-refractivity contribution in [3.63, 3.8) is 0 Å². The summed E-state index contributed by atoms with van der Waals surface area (Å²) in [5.74, 6) is 0. The number of rotatable bonds is 2. The topological polar surface area (TPSA) is 38.9 Å². The number of aryl methyl sites for hydroxylation is 3. The van der Waals surface area contributed by atoms with Crippen molar-refractivity contribution in [1.82, 2.24) is 4.98 Å². The zero-order chi connectivity index (χ0) is 11.7. The first-order valence-electron chi connectivity index (χ1n) is 5.34. The zero-order valence-corrected chi connectivity index (χ0v) is 10.7. The number of thiazole rings is 1. The molecule has 0 radical (unpaired) electrons. The Bertz CT molecular complexity index is 515. The highest BCUT2D eigenvalue weighted by atomic mass is 32.1. The molecular weight excluding hydrogens is 216 g/mol. The molecular formula is C13H16N2S. The van der Waals surface area contributed by atoms with Gasteiger partial charge in [0.15, 0.2) is 0 Å². The molecule has 1 heterocycles. The molecule has 0 bridgehead atoms. The van der Waals surface area contributed by atoms with Crippen molar-refractivity contribution in [1.29, 1.82) is 0 Å². The van der Waals surface area contributed by atoms with Gasteiger partial charge in [0.25, 0.3) is 0 Å². The Morgan fingerprint density at radius 3 is 2.44 bits per heavy atom. The summed E-state index contributed by atoms with van der Waals surface area (Å²) in [6, 6.07) is 4.42. The highest BCUT2D eigenvalue weighted by molar-refractivity contribution is 7.09. The third-order valence-electron chi connectivity index (χ3n) is 2.84. The number of nitrogens with zero attached hydrogens (tertiary/aromatic N) is 1. The second-order valence-corrected chi connectivity index (χ2v) is 5.02. The molecule has 0 fully saturated rings. The maximum Gasteiger partial charge on any atom is 0.107 e. The number of benzene rings is 1. The molecule has 1 aromatic heterocycles. The standard InChI is InChI=1S/C13H16N2S/c1-8-4-10(3)11(5-9(8)2)12-7-16-13(6-14)15-12/h4-5,7H,6,14H2,1-3H3. The van der Waals surface area contributed by atoms with E-state index < -0.39 is 0 Å². The minimum Gasteiger partial charge on any atom is -0.325 e. The molecule has 0 saturated carbocycles. The molecule has 2 rings (SSSR count). The number of aromatic nitrogens is 1. The minimum atomic E-state index is 0.522. The summed E-state index contributed by atoms with van der Waals surface area (Å²) in [5, 5.41) is 3.08. The van der Waals surface area contributed by atoms with Crippen molar-refractivity contribution in [3.8, 4) is 11.3 Å². The first kappa shape index (κ1) is 11.3. The smallest absolute Gasteiger partial charge is 0.107 e. The molecule has 1 aromatic carbocycles. The van der Waals surface area contributed by atoms with Gasteiger partial charge in [-0.05, 0) is 43.5 Å². The number of hydrogen-bond acceptors (Lipinski definition) is 3.